The van der Waals surface area contributed by atoms with E-state index < -0.39 is 18.9 Å². The first-order valence-corrected chi connectivity index (χ1v) is 8.00. The number of hydrogen-bond acceptors (Lipinski definition) is 3. The van der Waals surface area contributed by atoms with Crippen molar-refractivity contribution in [3.05, 3.63) is 52.0 Å². The van der Waals surface area contributed by atoms with Gasteiger partial charge >= 0.3 is 0 Å². The van der Waals surface area contributed by atoms with Gasteiger partial charge in [0, 0.05) is 28.2 Å². The fourth-order valence-corrected chi connectivity index (χ4v) is 2.89. The van der Waals surface area contributed by atoms with Gasteiger partial charge in [-0.2, -0.15) is 0 Å². The summed E-state index contributed by atoms with van der Waals surface area (Å²) in [6, 6.07) is 9.48. The van der Waals surface area contributed by atoms with Crippen LogP contribution in [0, 0.1) is 0 Å². The number of fused-ring (bicyclic) bond motifs is 1. The second kappa shape index (κ2) is 6.98. The molecule has 3 aromatic rings. The molecule has 0 N–H and O–H groups in total. The van der Waals surface area contributed by atoms with Gasteiger partial charge in [0.25, 0.3) is 12.3 Å². The fraction of sp³-hybridized carbons (Fsp3) is 0.176. The predicted octanol–water partition coefficient (Wildman–Crippen LogP) is 5.14. The topological polar surface area (TPSA) is 46.3 Å². The van der Waals surface area contributed by atoms with Crippen LogP contribution in [0.15, 0.2) is 40.8 Å². The van der Waals surface area contributed by atoms with E-state index in [1.807, 2.05) is 0 Å². The van der Waals surface area contributed by atoms with Crippen molar-refractivity contribution < 1.29 is 18.0 Å². The van der Waals surface area contributed by atoms with Crippen molar-refractivity contribution in [2.45, 2.75) is 6.43 Å². The Morgan fingerprint density at radius 3 is 2.52 bits per heavy atom. The minimum absolute atomic E-state index is 0.238. The van der Waals surface area contributed by atoms with E-state index in [1.54, 1.807) is 24.3 Å². The molecule has 0 aliphatic heterocycles. The molecule has 4 nitrogen and oxygen atoms in total. The molecule has 0 fully saturated rings. The SMILES string of the molecule is CN(CC(F)F)C(=O)c1ccc2nc(-c3cc(Cl)cc(Cl)c3)oc2c1. The normalized spacial score (nSPS) is 11.3. The lowest BCUT2D eigenvalue weighted by atomic mass is 10.2. The molecule has 1 heterocycles. The molecule has 8 heteroatoms. The maximum Gasteiger partial charge on any atom is 0.255 e. The first kappa shape index (κ1) is 17.6. The highest BCUT2D eigenvalue weighted by atomic mass is 35.5. The van der Waals surface area contributed by atoms with E-state index >= 15 is 0 Å². The van der Waals surface area contributed by atoms with Crippen LogP contribution in [-0.2, 0) is 0 Å². The highest BCUT2D eigenvalue weighted by Crippen LogP contribution is 2.29. The Labute approximate surface area is 152 Å². The van der Waals surface area contributed by atoms with E-state index in [-0.39, 0.29) is 5.56 Å². The predicted molar refractivity (Wildman–Crippen MR) is 92.4 cm³/mol. The van der Waals surface area contributed by atoms with E-state index in [2.05, 4.69) is 4.98 Å². The van der Waals surface area contributed by atoms with Crippen LogP contribution >= 0.6 is 23.2 Å². The van der Waals surface area contributed by atoms with Gasteiger partial charge < -0.3 is 9.32 Å². The molecule has 130 valence electrons. The van der Waals surface area contributed by atoms with Gasteiger partial charge in [-0.05, 0) is 36.4 Å². The van der Waals surface area contributed by atoms with Gasteiger partial charge in [0.05, 0.1) is 6.54 Å². The Kier molecular flexibility index (Phi) is 4.92. The van der Waals surface area contributed by atoms with Gasteiger partial charge in [-0.1, -0.05) is 23.2 Å². The molecule has 0 unspecified atom stereocenters. The Balaban J connectivity index is 1.95. The zero-order valence-electron chi connectivity index (χ0n) is 13.0. The number of oxazole rings is 1. The summed E-state index contributed by atoms with van der Waals surface area (Å²) in [4.78, 5) is 17.5. The van der Waals surface area contributed by atoms with Crippen LogP contribution in [0.4, 0.5) is 8.78 Å². The summed E-state index contributed by atoms with van der Waals surface area (Å²) in [6.45, 7) is -0.639. The van der Waals surface area contributed by atoms with Crippen molar-refractivity contribution in [2.75, 3.05) is 13.6 Å². The lowest BCUT2D eigenvalue weighted by Crippen LogP contribution is -2.31. The highest BCUT2D eigenvalue weighted by Gasteiger charge is 2.18. The van der Waals surface area contributed by atoms with Crippen molar-refractivity contribution in [2.24, 2.45) is 0 Å². The molecule has 0 bridgehead atoms. The van der Waals surface area contributed by atoms with Crippen LogP contribution in [0.25, 0.3) is 22.6 Å². The molecule has 1 amide bonds. The highest BCUT2D eigenvalue weighted by molar-refractivity contribution is 6.35. The number of aromatic nitrogens is 1. The maximum absolute atomic E-state index is 12.4. The van der Waals surface area contributed by atoms with E-state index in [4.69, 9.17) is 27.6 Å². The second-order valence-electron chi connectivity index (χ2n) is 5.44. The van der Waals surface area contributed by atoms with Gasteiger partial charge in [0.1, 0.15) is 5.52 Å². The first-order chi connectivity index (χ1) is 11.8. The number of amides is 1. The largest absolute Gasteiger partial charge is 0.436 e. The van der Waals surface area contributed by atoms with E-state index in [1.165, 1.54) is 19.2 Å². The van der Waals surface area contributed by atoms with E-state index in [0.29, 0.717) is 32.6 Å². The van der Waals surface area contributed by atoms with Crippen LogP contribution < -0.4 is 0 Å². The summed E-state index contributed by atoms with van der Waals surface area (Å²) in [7, 11) is 1.32. The number of rotatable bonds is 4. The number of benzene rings is 2. The van der Waals surface area contributed by atoms with Crippen molar-refractivity contribution >= 4 is 40.2 Å². The smallest absolute Gasteiger partial charge is 0.255 e. The van der Waals surface area contributed by atoms with Gasteiger partial charge in [-0.15, -0.1) is 0 Å². The zero-order chi connectivity index (χ0) is 18.1. The van der Waals surface area contributed by atoms with Crippen molar-refractivity contribution in [1.82, 2.24) is 9.88 Å². The molecule has 25 heavy (non-hydrogen) atoms. The number of nitrogens with zero attached hydrogens (tertiary/aromatic N) is 2. The van der Waals surface area contributed by atoms with Gasteiger partial charge in [0.2, 0.25) is 5.89 Å². The lowest BCUT2D eigenvalue weighted by molar-refractivity contribution is 0.0620. The Bertz CT molecular complexity index is 923. The third kappa shape index (κ3) is 3.91. The molecule has 0 aliphatic carbocycles. The third-order valence-electron chi connectivity index (χ3n) is 3.50. The van der Waals surface area contributed by atoms with Crippen LogP contribution in [0.3, 0.4) is 0 Å². The summed E-state index contributed by atoms with van der Waals surface area (Å²) in [5, 5.41) is 0.878. The molecule has 0 saturated carbocycles. The number of alkyl halides is 2. The molecular weight excluding hydrogens is 373 g/mol. The molecule has 2 aromatic carbocycles. The summed E-state index contributed by atoms with van der Waals surface area (Å²) < 4.78 is 30.5. The number of carbonyl (C=O) groups excluding carboxylic acids is 1. The molecule has 0 radical (unpaired) electrons. The third-order valence-corrected chi connectivity index (χ3v) is 3.94. The summed E-state index contributed by atoms with van der Waals surface area (Å²) in [5.74, 6) is -0.226. The maximum atomic E-state index is 12.4. The molecule has 1 aromatic heterocycles. The Morgan fingerprint density at radius 2 is 1.88 bits per heavy atom. The fourth-order valence-electron chi connectivity index (χ4n) is 2.37. The van der Waals surface area contributed by atoms with Crippen molar-refractivity contribution in [3.8, 4) is 11.5 Å². The molecule has 0 aliphatic rings. The molecular formula is C17H12Cl2F2N2O2. The summed E-state index contributed by atoms with van der Waals surface area (Å²) >= 11 is 12.0. The Morgan fingerprint density at radius 1 is 1.20 bits per heavy atom. The quantitative estimate of drug-likeness (QED) is 0.625. The summed E-state index contributed by atoms with van der Waals surface area (Å²) in [5.41, 5.74) is 1.72. The van der Waals surface area contributed by atoms with Crippen LogP contribution in [-0.4, -0.2) is 35.8 Å². The summed E-state index contributed by atoms with van der Waals surface area (Å²) in [6.07, 6.45) is -2.60. The first-order valence-electron chi connectivity index (χ1n) is 7.24. The van der Waals surface area contributed by atoms with Crippen molar-refractivity contribution in [1.29, 1.82) is 0 Å². The minimum atomic E-state index is -2.60. The molecule has 0 saturated heterocycles. The van der Waals surface area contributed by atoms with E-state index in [0.717, 1.165) is 4.90 Å². The van der Waals surface area contributed by atoms with E-state index in [9.17, 15) is 13.6 Å². The zero-order valence-corrected chi connectivity index (χ0v) is 14.5. The monoisotopic (exact) mass is 384 g/mol. The van der Waals surface area contributed by atoms with Gasteiger partial charge in [-0.3, -0.25) is 4.79 Å². The van der Waals surface area contributed by atoms with Crippen LogP contribution in [0.5, 0.6) is 0 Å². The average molecular weight is 385 g/mol. The number of halogens is 4. The molecule has 0 atom stereocenters. The minimum Gasteiger partial charge on any atom is -0.436 e. The second-order valence-corrected chi connectivity index (χ2v) is 6.31. The van der Waals surface area contributed by atoms with Gasteiger partial charge in [0.15, 0.2) is 5.58 Å². The molecule has 3 rings (SSSR count). The van der Waals surface area contributed by atoms with Crippen LogP contribution in [0.2, 0.25) is 10.0 Å². The number of carbonyl (C=O) groups is 1. The number of hydrogen-bond donors (Lipinski definition) is 0. The average Bonchev–Trinajstić information content (AvgIpc) is 2.95. The lowest BCUT2D eigenvalue weighted by Gasteiger charge is -2.16. The molecule has 0 spiro atoms. The Hall–Kier alpha value is -2.18. The van der Waals surface area contributed by atoms with Crippen LogP contribution in [0.1, 0.15) is 10.4 Å². The van der Waals surface area contributed by atoms with Gasteiger partial charge in [-0.25, -0.2) is 13.8 Å². The van der Waals surface area contributed by atoms with Crippen molar-refractivity contribution in [3.63, 3.8) is 0 Å². The standard InChI is InChI=1S/C17H12Cl2F2N2O2/c1-23(8-15(20)21)17(24)9-2-3-13-14(6-9)25-16(22-13)10-4-11(18)7-12(19)5-10/h2-7,15H,8H2,1H3.